The zero-order valence-corrected chi connectivity index (χ0v) is 6.92. The van der Waals surface area contributed by atoms with Crippen molar-refractivity contribution in [2.24, 2.45) is 0 Å². The van der Waals surface area contributed by atoms with Crippen LogP contribution in [-0.4, -0.2) is 15.8 Å². The summed E-state index contributed by atoms with van der Waals surface area (Å²) in [7, 11) is 0. The van der Waals surface area contributed by atoms with E-state index in [1.807, 2.05) is 29.0 Å². The lowest BCUT2D eigenvalue weighted by atomic mass is 10.2. The van der Waals surface area contributed by atoms with Gasteiger partial charge in [-0.15, -0.1) is 0 Å². The molecule has 0 atom stereocenters. The van der Waals surface area contributed by atoms with E-state index in [1.54, 1.807) is 18.6 Å². The van der Waals surface area contributed by atoms with Gasteiger partial charge in [0.1, 0.15) is 6.29 Å². The molecule has 13 heavy (non-hydrogen) atoms. The topological polar surface area (TPSA) is 34.9 Å². The van der Waals surface area contributed by atoms with E-state index in [9.17, 15) is 4.79 Å². The average molecular weight is 172 g/mol. The third-order valence-electron chi connectivity index (χ3n) is 1.81. The van der Waals surface area contributed by atoms with E-state index in [0.29, 0.717) is 5.56 Å². The third-order valence-corrected chi connectivity index (χ3v) is 1.81. The number of carbonyl (C=O) groups excluding carboxylic acids is 1. The Hall–Kier alpha value is -1.90. The fourth-order valence-corrected chi connectivity index (χ4v) is 1.17. The van der Waals surface area contributed by atoms with E-state index in [4.69, 9.17) is 0 Å². The van der Waals surface area contributed by atoms with Gasteiger partial charge in [0.25, 0.3) is 0 Å². The van der Waals surface area contributed by atoms with E-state index in [2.05, 4.69) is 4.98 Å². The van der Waals surface area contributed by atoms with Gasteiger partial charge in [-0.1, -0.05) is 12.1 Å². The van der Waals surface area contributed by atoms with Gasteiger partial charge < -0.3 is 4.57 Å². The molecule has 3 heteroatoms. The molecule has 3 nitrogen and oxygen atoms in total. The van der Waals surface area contributed by atoms with Crippen molar-refractivity contribution in [2.45, 2.75) is 0 Å². The van der Waals surface area contributed by atoms with Crippen molar-refractivity contribution < 1.29 is 4.79 Å². The van der Waals surface area contributed by atoms with Gasteiger partial charge in [-0.25, -0.2) is 4.98 Å². The third kappa shape index (κ3) is 1.49. The van der Waals surface area contributed by atoms with Crippen LogP contribution in [0.2, 0.25) is 0 Å². The first-order valence-corrected chi connectivity index (χ1v) is 3.94. The summed E-state index contributed by atoms with van der Waals surface area (Å²) >= 11 is 0. The Bertz CT molecular complexity index is 407. The SMILES string of the molecule is O=Cc1cccc(-n2ccnc2)c1. The molecule has 1 aromatic heterocycles. The molecule has 2 aromatic rings. The molecule has 0 bridgehead atoms. The van der Waals surface area contributed by atoms with Gasteiger partial charge in [0, 0.05) is 23.6 Å². The van der Waals surface area contributed by atoms with Gasteiger partial charge >= 0.3 is 0 Å². The zero-order valence-electron chi connectivity index (χ0n) is 6.92. The summed E-state index contributed by atoms with van der Waals surface area (Å²) in [6, 6.07) is 7.36. The first-order valence-electron chi connectivity index (χ1n) is 3.94. The molecule has 0 aliphatic carbocycles. The van der Waals surface area contributed by atoms with Crippen LogP contribution in [0.3, 0.4) is 0 Å². The molecule has 0 saturated carbocycles. The summed E-state index contributed by atoms with van der Waals surface area (Å²) in [5, 5.41) is 0. The molecule has 64 valence electrons. The second kappa shape index (κ2) is 3.23. The number of nitrogens with zero attached hydrogens (tertiary/aromatic N) is 2. The molecule has 0 radical (unpaired) electrons. The summed E-state index contributed by atoms with van der Waals surface area (Å²) in [6.45, 7) is 0. The van der Waals surface area contributed by atoms with Crippen molar-refractivity contribution >= 4 is 6.29 Å². The summed E-state index contributed by atoms with van der Waals surface area (Å²) in [6.07, 6.45) is 6.07. The predicted molar refractivity (Wildman–Crippen MR) is 49.0 cm³/mol. The summed E-state index contributed by atoms with van der Waals surface area (Å²) in [5.41, 5.74) is 1.62. The number of hydrogen-bond acceptors (Lipinski definition) is 2. The maximum atomic E-state index is 10.5. The zero-order chi connectivity index (χ0) is 9.10. The molecule has 0 amide bonds. The predicted octanol–water partition coefficient (Wildman–Crippen LogP) is 1.68. The van der Waals surface area contributed by atoms with Crippen LogP contribution < -0.4 is 0 Å². The van der Waals surface area contributed by atoms with Crippen LogP contribution in [0, 0.1) is 0 Å². The van der Waals surface area contributed by atoms with E-state index in [0.717, 1.165) is 12.0 Å². The Morgan fingerprint density at radius 2 is 2.31 bits per heavy atom. The van der Waals surface area contributed by atoms with Gasteiger partial charge in [-0.3, -0.25) is 4.79 Å². The lowest BCUT2D eigenvalue weighted by molar-refractivity contribution is 0.112. The highest BCUT2D eigenvalue weighted by Gasteiger charge is 1.95. The van der Waals surface area contributed by atoms with E-state index in [1.165, 1.54) is 0 Å². The molecule has 0 saturated heterocycles. The fourth-order valence-electron chi connectivity index (χ4n) is 1.17. The molecule has 0 unspecified atom stereocenters. The molecule has 0 aliphatic rings. The Morgan fingerprint density at radius 3 is 3.00 bits per heavy atom. The number of hydrogen-bond donors (Lipinski definition) is 0. The molecule has 0 N–H and O–H groups in total. The van der Waals surface area contributed by atoms with Crippen LogP contribution in [0.25, 0.3) is 5.69 Å². The maximum Gasteiger partial charge on any atom is 0.150 e. The Balaban J connectivity index is 2.47. The highest BCUT2D eigenvalue weighted by atomic mass is 16.1. The molecular formula is C10H8N2O. The van der Waals surface area contributed by atoms with Crippen LogP contribution in [0.4, 0.5) is 0 Å². The number of aromatic nitrogens is 2. The normalized spacial score (nSPS) is 9.85. The number of benzene rings is 1. The minimum atomic E-state index is 0.672. The fraction of sp³-hybridized carbons (Fsp3) is 0. The van der Waals surface area contributed by atoms with E-state index in [-0.39, 0.29) is 0 Å². The molecule has 1 aromatic carbocycles. The monoisotopic (exact) mass is 172 g/mol. The highest BCUT2D eigenvalue weighted by Crippen LogP contribution is 2.08. The van der Waals surface area contributed by atoms with Gasteiger partial charge in [-0.2, -0.15) is 0 Å². The molecule has 0 aliphatic heterocycles. The number of aldehydes is 1. The Labute approximate surface area is 75.7 Å². The Kier molecular flexibility index (Phi) is 1.92. The molecule has 0 fully saturated rings. The summed E-state index contributed by atoms with van der Waals surface area (Å²) in [4.78, 5) is 14.4. The van der Waals surface area contributed by atoms with Crippen molar-refractivity contribution in [2.75, 3.05) is 0 Å². The van der Waals surface area contributed by atoms with Crippen LogP contribution in [0.1, 0.15) is 10.4 Å². The second-order valence-electron chi connectivity index (χ2n) is 2.68. The lowest BCUT2D eigenvalue weighted by Gasteiger charge is -2.01. The summed E-state index contributed by atoms with van der Waals surface area (Å²) < 4.78 is 1.85. The van der Waals surface area contributed by atoms with Gasteiger partial charge in [0.15, 0.2) is 0 Å². The van der Waals surface area contributed by atoms with Crippen LogP contribution in [0.5, 0.6) is 0 Å². The van der Waals surface area contributed by atoms with Crippen LogP contribution in [0.15, 0.2) is 43.0 Å². The second-order valence-corrected chi connectivity index (χ2v) is 2.68. The Morgan fingerprint density at radius 1 is 1.38 bits per heavy atom. The standard InChI is InChI=1S/C10H8N2O/c13-7-9-2-1-3-10(6-9)12-5-4-11-8-12/h1-8H. The largest absolute Gasteiger partial charge is 0.306 e. The first-order chi connectivity index (χ1) is 6.40. The van der Waals surface area contributed by atoms with Gasteiger partial charge in [-0.05, 0) is 12.1 Å². The van der Waals surface area contributed by atoms with Crippen molar-refractivity contribution in [1.82, 2.24) is 9.55 Å². The minimum absolute atomic E-state index is 0.672. The molecule has 0 spiro atoms. The lowest BCUT2D eigenvalue weighted by Crippen LogP contribution is -1.90. The average Bonchev–Trinajstić information content (AvgIpc) is 2.71. The summed E-state index contributed by atoms with van der Waals surface area (Å²) in [5.74, 6) is 0. The van der Waals surface area contributed by atoms with Gasteiger partial charge in [0.05, 0.1) is 6.33 Å². The van der Waals surface area contributed by atoms with Gasteiger partial charge in [0.2, 0.25) is 0 Å². The molecule has 2 rings (SSSR count). The van der Waals surface area contributed by atoms with Crippen LogP contribution in [-0.2, 0) is 0 Å². The maximum absolute atomic E-state index is 10.5. The molecule has 1 heterocycles. The van der Waals surface area contributed by atoms with E-state index >= 15 is 0 Å². The number of carbonyl (C=O) groups is 1. The van der Waals surface area contributed by atoms with Crippen molar-refractivity contribution in [3.63, 3.8) is 0 Å². The van der Waals surface area contributed by atoms with Crippen molar-refractivity contribution in [3.05, 3.63) is 48.5 Å². The van der Waals surface area contributed by atoms with Crippen LogP contribution >= 0.6 is 0 Å². The minimum Gasteiger partial charge on any atom is -0.306 e. The van der Waals surface area contributed by atoms with E-state index < -0.39 is 0 Å². The smallest absolute Gasteiger partial charge is 0.150 e. The van der Waals surface area contributed by atoms with Crippen molar-refractivity contribution in [3.8, 4) is 5.69 Å². The first kappa shape index (κ1) is 7.73. The molecular weight excluding hydrogens is 164 g/mol. The van der Waals surface area contributed by atoms with Crippen molar-refractivity contribution in [1.29, 1.82) is 0 Å². The number of imidazole rings is 1. The number of rotatable bonds is 2. The quantitative estimate of drug-likeness (QED) is 0.646. The highest BCUT2D eigenvalue weighted by molar-refractivity contribution is 5.75.